The molecule has 0 unspecified atom stereocenters. The Kier molecular flexibility index (Phi) is 16.7. The van der Waals surface area contributed by atoms with Crippen molar-refractivity contribution in [3.8, 4) is 23.0 Å². The summed E-state index contributed by atoms with van der Waals surface area (Å²) < 4.78 is 22.0. The molecule has 0 aliphatic carbocycles. The van der Waals surface area contributed by atoms with E-state index in [2.05, 4.69) is 10.6 Å². The molecule has 2 aromatic carbocycles. The van der Waals surface area contributed by atoms with E-state index in [0.717, 1.165) is 51.9 Å². The SMILES string of the molecule is O=C(O)c1c(OC2CN(C(=O)CC3CCNCC3)C2)ccc2c1O[B-](O)(O)CC2.O=C(O)c1c(OC2CN(C(=O)CC3CCNCC3)C2)ccc2c1O[B-](O)(O)CC2.[Na+].[Na+]. The average Bonchev–Trinajstić information content (AvgIpc) is 3.13. The van der Waals surface area contributed by atoms with Crippen molar-refractivity contribution >= 4 is 37.3 Å². The van der Waals surface area contributed by atoms with Gasteiger partial charge in [0.2, 0.25) is 11.8 Å². The standard InChI is InChI=1S/2C19H26BN2O7.2Na/c2*23-16(9-12-4-7-21-8-5-12)22-10-14(11-22)28-15-2-1-13-3-6-20(26,27)29-18(13)17(15)19(24)25;;/h2*1-2,12,14,21,26-27H,3-11H2,(H,24,25);;/q2*-1;2*+1. The average molecular weight is 856 g/mol. The van der Waals surface area contributed by atoms with Crippen LogP contribution >= 0.6 is 0 Å². The number of likely N-dealkylation sites (tertiary alicyclic amines) is 2. The maximum atomic E-state index is 12.4. The normalized spacial score (nSPS) is 20.9. The smallest absolute Gasteiger partial charge is 0.669 e. The van der Waals surface area contributed by atoms with Gasteiger partial charge in [0, 0.05) is 12.8 Å². The number of nitrogens with zero attached hydrogens (tertiary/aromatic N) is 2. The number of piperidine rings is 2. The Morgan fingerprint density at radius 3 is 1.30 bits per heavy atom. The quantitative estimate of drug-likeness (QED) is 0.104. The van der Waals surface area contributed by atoms with Crippen LogP contribution in [0.15, 0.2) is 24.3 Å². The number of carbonyl (C=O) groups is 4. The number of carboxylic acid groups (broad SMARTS) is 2. The minimum atomic E-state index is -3.07. The molecule has 0 radical (unpaired) electrons. The Balaban J connectivity index is 0.000000220. The first-order valence-corrected chi connectivity index (χ1v) is 20.3. The fourth-order valence-electron chi connectivity index (χ4n) is 8.38. The van der Waals surface area contributed by atoms with E-state index in [-0.39, 0.29) is 130 Å². The van der Waals surface area contributed by atoms with Gasteiger partial charge in [-0.05, 0) is 99.8 Å². The number of amides is 2. The summed E-state index contributed by atoms with van der Waals surface area (Å²) in [6.07, 6.45) is 5.17. The first kappa shape index (κ1) is 48.4. The van der Waals surface area contributed by atoms with Crippen LogP contribution < -0.4 is 88.5 Å². The van der Waals surface area contributed by atoms with E-state index in [1.807, 2.05) is 0 Å². The number of aryl methyl sites for hydroxylation is 2. The zero-order valence-electron chi connectivity index (χ0n) is 34.3. The molecule has 22 heteroatoms. The summed E-state index contributed by atoms with van der Waals surface area (Å²) in [5.74, 6) is -1.35. The summed E-state index contributed by atoms with van der Waals surface area (Å²) >= 11 is 0. The van der Waals surface area contributed by atoms with E-state index in [1.165, 1.54) is 0 Å². The first-order chi connectivity index (χ1) is 27.6. The largest absolute Gasteiger partial charge is 1.00 e. The van der Waals surface area contributed by atoms with Gasteiger partial charge >= 0.3 is 84.6 Å². The zero-order chi connectivity index (χ0) is 41.2. The molecule has 0 atom stereocenters. The summed E-state index contributed by atoms with van der Waals surface area (Å²) in [6, 6.07) is 6.50. The van der Waals surface area contributed by atoms with Crippen LogP contribution in [-0.4, -0.2) is 142 Å². The van der Waals surface area contributed by atoms with Gasteiger partial charge in [-0.1, -0.05) is 24.8 Å². The molecule has 0 bridgehead atoms. The van der Waals surface area contributed by atoms with Crippen LogP contribution in [-0.2, 0) is 22.4 Å². The monoisotopic (exact) mass is 856 g/mol. The van der Waals surface area contributed by atoms with Crippen molar-refractivity contribution in [2.24, 2.45) is 11.8 Å². The van der Waals surface area contributed by atoms with Crippen LogP contribution in [0.3, 0.4) is 0 Å². The van der Waals surface area contributed by atoms with Crippen molar-refractivity contribution in [1.29, 1.82) is 0 Å². The second-order valence-electron chi connectivity index (χ2n) is 16.4. The molecule has 4 saturated heterocycles. The number of fused-ring (bicyclic) bond motifs is 2. The molecular weight excluding hydrogens is 804 g/mol. The van der Waals surface area contributed by atoms with Crippen LogP contribution in [0.25, 0.3) is 0 Å². The predicted octanol–water partition coefficient (Wildman–Crippen LogP) is -5.55. The maximum Gasteiger partial charge on any atom is 1.00 e. The summed E-state index contributed by atoms with van der Waals surface area (Å²) in [6.45, 7) is -0.700. The second-order valence-corrected chi connectivity index (χ2v) is 16.4. The first-order valence-electron chi connectivity index (χ1n) is 20.3. The van der Waals surface area contributed by atoms with Gasteiger partial charge in [0.05, 0.1) is 37.7 Å². The van der Waals surface area contributed by atoms with Crippen molar-refractivity contribution < 1.29 is 127 Å². The number of carbonyl (C=O) groups excluding carboxylic acids is 2. The third-order valence-electron chi connectivity index (χ3n) is 11.9. The molecule has 316 valence electrons. The van der Waals surface area contributed by atoms with Crippen LogP contribution in [0.4, 0.5) is 0 Å². The van der Waals surface area contributed by atoms with E-state index >= 15 is 0 Å². The number of ether oxygens (including phenoxy) is 2. The maximum absolute atomic E-state index is 12.4. The van der Waals surface area contributed by atoms with Gasteiger partial charge in [0.25, 0.3) is 0 Å². The van der Waals surface area contributed by atoms with Gasteiger partial charge in [-0.25, -0.2) is 9.59 Å². The summed E-state index contributed by atoms with van der Waals surface area (Å²) in [5.41, 5.74) is 0.775. The van der Waals surface area contributed by atoms with Gasteiger partial charge < -0.3 is 69.5 Å². The fourth-order valence-corrected chi connectivity index (χ4v) is 8.38. The molecule has 8 N–H and O–H groups in total. The molecule has 6 heterocycles. The number of nitrogens with one attached hydrogen (secondary N) is 2. The third-order valence-corrected chi connectivity index (χ3v) is 11.9. The molecule has 8 rings (SSSR count). The summed E-state index contributed by atoms with van der Waals surface area (Å²) in [5, 5.41) is 65.0. The number of aromatic carboxylic acids is 2. The molecule has 4 fully saturated rings. The van der Waals surface area contributed by atoms with E-state index in [0.29, 0.717) is 74.8 Å². The molecule has 2 aromatic rings. The van der Waals surface area contributed by atoms with Crippen molar-refractivity contribution in [1.82, 2.24) is 20.4 Å². The minimum Gasteiger partial charge on any atom is -0.669 e. The number of hydrogen-bond acceptors (Lipinski definition) is 14. The van der Waals surface area contributed by atoms with E-state index in [1.54, 1.807) is 34.1 Å². The number of benzene rings is 2. The molecular formula is C38H52B2N4Na2O14. The molecule has 2 amide bonds. The third kappa shape index (κ3) is 11.9. The summed E-state index contributed by atoms with van der Waals surface area (Å²) in [7, 11) is 0. The topological polar surface area (TPSA) is 257 Å². The Morgan fingerprint density at radius 2 is 0.967 bits per heavy atom. The van der Waals surface area contributed by atoms with Crippen LogP contribution in [0.1, 0.15) is 70.4 Å². The van der Waals surface area contributed by atoms with Gasteiger partial charge in [-0.15, -0.1) is 0 Å². The Labute approximate surface area is 392 Å². The Bertz CT molecular complexity index is 1750. The van der Waals surface area contributed by atoms with E-state index in [9.17, 15) is 49.5 Å². The molecule has 18 nitrogen and oxygen atoms in total. The molecule has 0 saturated carbocycles. The Morgan fingerprint density at radius 1 is 0.617 bits per heavy atom. The molecule has 0 spiro atoms. The van der Waals surface area contributed by atoms with Crippen molar-refractivity contribution in [3.05, 3.63) is 46.5 Å². The van der Waals surface area contributed by atoms with Crippen molar-refractivity contribution in [2.75, 3.05) is 52.4 Å². The van der Waals surface area contributed by atoms with Crippen LogP contribution in [0.2, 0.25) is 12.6 Å². The second kappa shape index (κ2) is 20.7. The molecule has 0 aromatic heterocycles. The van der Waals surface area contributed by atoms with Crippen molar-refractivity contribution in [2.45, 2.75) is 76.2 Å². The zero-order valence-corrected chi connectivity index (χ0v) is 38.3. The van der Waals surface area contributed by atoms with Gasteiger partial charge in [0.15, 0.2) is 0 Å². The minimum absolute atomic E-state index is 0. The molecule has 6 aliphatic heterocycles. The number of hydrogen-bond donors (Lipinski definition) is 8. The van der Waals surface area contributed by atoms with Gasteiger partial charge in [0.1, 0.15) is 34.8 Å². The van der Waals surface area contributed by atoms with E-state index in [4.69, 9.17) is 18.8 Å². The predicted molar refractivity (Wildman–Crippen MR) is 208 cm³/mol. The number of rotatable bonds is 10. The van der Waals surface area contributed by atoms with E-state index < -0.39 is 25.4 Å². The van der Waals surface area contributed by atoms with Crippen LogP contribution in [0, 0.1) is 11.8 Å². The van der Waals surface area contributed by atoms with Crippen LogP contribution in [0.5, 0.6) is 23.0 Å². The number of carboxylic acids is 2. The Hall–Kier alpha value is -2.59. The van der Waals surface area contributed by atoms with Crippen molar-refractivity contribution in [3.63, 3.8) is 0 Å². The molecule has 60 heavy (non-hydrogen) atoms. The van der Waals surface area contributed by atoms with Gasteiger partial charge in [-0.3, -0.25) is 9.59 Å². The molecule has 6 aliphatic rings. The van der Waals surface area contributed by atoms with Gasteiger partial charge in [-0.2, -0.15) is 0 Å². The summed E-state index contributed by atoms with van der Waals surface area (Å²) in [4.78, 5) is 51.9. The fraction of sp³-hybridized carbons (Fsp3) is 0.579.